The zero-order chi connectivity index (χ0) is 10.1. The van der Waals surface area contributed by atoms with Gasteiger partial charge >= 0.3 is 0 Å². The maximum Gasteiger partial charge on any atom is 0.0769 e. The summed E-state index contributed by atoms with van der Waals surface area (Å²) in [4.78, 5) is 4.43. The molecule has 0 aliphatic carbocycles. The molecular weight excluding hydrogens is 186 g/mol. The number of fused-ring (bicyclic) bond motifs is 3. The van der Waals surface area contributed by atoms with E-state index in [1.165, 1.54) is 11.1 Å². The normalized spacial score (nSPS) is 14.9. The van der Waals surface area contributed by atoms with Gasteiger partial charge in [-0.1, -0.05) is 18.2 Å². The third kappa shape index (κ3) is 1.40. The van der Waals surface area contributed by atoms with E-state index in [0.29, 0.717) is 0 Å². The van der Waals surface area contributed by atoms with Crippen LogP contribution in [0.4, 0.5) is 11.4 Å². The van der Waals surface area contributed by atoms with Gasteiger partial charge in [-0.15, -0.1) is 0 Å². The number of aromatic nitrogens is 1. The lowest BCUT2D eigenvalue weighted by atomic mass is 10.1. The third-order valence-electron chi connectivity index (χ3n) is 2.75. The van der Waals surface area contributed by atoms with E-state index in [-0.39, 0.29) is 0 Å². The highest BCUT2D eigenvalue weighted by Crippen LogP contribution is 2.30. The molecule has 3 nitrogen and oxygen atoms in total. The number of nitrogens with one attached hydrogen (secondary N) is 2. The van der Waals surface area contributed by atoms with Gasteiger partial charge in [0.05, 0.1) is 23.1 Å². The van der Waals surface area contributed by atoms with Crippen LogP contribution in [0.3, 0.4) is 0 Å². The molecule has 2 aromatic rings. The van der Waals surface area contributed by atoms with Crippen LogP contribution in [0.2, 0.25) is 0 Å². The lowest BCUT2D eigenvalue weighted by Gasteiger charge is -2.10. The second kappa shape index (κ2) is 3.42. The zero-order valence-electron chi connectivity index (χ0n) is 8.46. The summed E-state index contributed by atoms with van der Waals surface area (Å²) in [5.74, 6) is 0. The smallest absolute Gasteiger partial charge is 0.0769 e. The van der Waals surface area contributed by atoms with Crippen molar-refractivity contribution in [3.05, 3.63) is 30.5 Å². The maximum atomic E-state index is 4.43. The molecule has 0 atom stereocenters. The van der Waals surface area contributed by atoms with E-state index in [9.17, 15) is 0 Å². The summed E-state index contributed by atoms with van der Waals surface area (Å²) < 4.78 is 0. The Bertz CT molecular complexity index is 493. The summed E-state index contributed by atoms with van der Waals surface area (Å²) >= 11 is 0. The average Bonchev–Trinajstić information content (AvgIpc) is 2.54. The van der Waals surface area contributed by atoms with Gasteiger partial charge in [-0.25, -0.2) is 0 Å². The van der Waals surface area contributed by atoms with Crippen molar-refractivity contribution >= 4 is 22.3 Å². The summed E-state index contributed by atoms with van der Waals surface area (Å²) in [5.41, 5.74) is 3.36. The second-order valence-electron chi connectivity index (χ2n) is 3.77. The van der Waals surface area contributed by atoms with Gasteiger partial charge in [0.25, 0.3) is 0 Å². The fraction of sp³-hybridized carbons (Fsp3) is 0.250. The summed E-state index contributed by atoms with van der Waals surface area (Å²) in [6.07, 6.45) is 3.05. The van der Waals surface area contributed by atoms with Gasteiger partial charge in [-0.3, -0.25) is 4.98 Å². The minimum absolute atomic E-state index is 1.01. The number of nitrogens with zero attached hydrogens (tertiary/aromatic N) is 1. The highest BCUT2D eigenvalue weighted by Gasteiger charge is 2.10. The first-order chi connectivity index (χ1) is 7.45. The van der Waals surface area contributed by atoms with E-state index in [4.69, 9.17) is 0 Å². The first-order valence-electron chi connectivity index (χ1n) is 5.30. The van der Waals surface area contributed by atoms with Gasteiger partial charge in [0.15, 0.2) is 0 Å². The van der Waals surface area contributed by atoms with E-state index < -0.39 is 0 Å². The molecule has 2 heterocycles. The van der Waals surface area contributed by atoms with Crippen LogP contribution in [0.25, 0.3) is 10.9 Å². The first kappa shape index (κ1) is 8.53. The lowest BCUT2D eigenvalue weighted by molar-refractivity contribution is 0.929. The van der Waals surface area contributed by atoms with Crippen LogP contribution in [-0.4, -0.2) is 18.1 Å². The molecule has 3 rings (SSSR count). The Hall–Kier alpha value is -1.77. The molecule has 0 bridgehead atoms. The van der Waals surface area contributed by atoms with E-state index >= 15 is 0 Å². The van der Waals surface area contributed by atoms with Crippen molar-refractivity contribution in [2.45, 2.75) is 6.42 Å². The minimum Gasteiger partial charge on any atom is -0.383 e. The SMILES string of the molecule is c1ccc2c3c(cnc2c1)NCCCN3. The highest BCUT2D eigenvalue weighted by molar-refractivity contribution is 5.97. The van der Waals surface area contributed by atoms with Crippen molar-refractivity contribution < 1.29 is 0 Å². The molecule has 1 aliphatic rings. The minimum atomic E-state index is 1.01. The molecule has 1 aromatic carbocycles. The summed E-state index contributed by atoms with van der Waals surface area (Å²) in [7, 11) is 0. The topological polar surface area (TPSA) is 37.0 Å². The summed E-state index contributed by atoms with van der Waals surface area (Å²) in [6, 6.07) is 8.23. The molecule has 0 spiro atoms. The third-order valence-corrected chi connectivity index (χ3v) is 2.75. The van der Waals surface area contributed by atoms with Crippen molar-refractivity contribution in [2.24, 2.45) is 0 Å². The van der Waals surface area contributed by atoms with Gasteiger partial charge in [-0.05, 0) is 12.5 Å². The van der Waals surface area contributed by atoms with Crippen LogP contribution < -0.4 is 10.6 Å². The number of rotatable bonds is 0. The Balaban J connectivity index is 2.27. The fourth-order valence-corrected chi connectivity index (χ4v) is 1.99. The molecule has 15 heavy (non-hydrogen) atoms. The van der Waals surface area contributed by atoms with Crippen molar-refractivity contribution in [3.8, 4) is 0 Å². The predicted octanol–water partition coefficient (Wildman–Crippen LogP) is 2.46. The van der Waals surface area contributed by atoms with E-state index in [2.05, 4.69) is 27.8 Å². The van der Waals surface area contributed by atoms with Crippen LogP contribution in [-0.2, 0) is 0 Å². The quantitative estimate of drug-likeness (QED) is 0.684. The number of anilines is 2. The Morgan fingerprint density at radius 3 is 2.93 bits per heavy atom. The van der Waals surface area contributed by atoms with Crippen LogP contribution >= 0.6 is 0 Å². The molecular formula is C12H13N3. The molecule has 0 unspecified atom stereocenters. The lowest BCUT2D eigenvalue weighted by Crippen LogP contribution is -2.01. The number of hydrogen-bond acceptors (Lipinski definition) is 3. The maximum absolute atomic E-state index is 4.43. The molecule has 0 radical (unpaired) electrons. The predicted molar refractivity (Wildman–Crippen MR) is 63.3 cm³/mol. The molecule has 1 aromatic heterocycles. The molecule has 76 valence electrons. The van der Waals surface area contributed by atoms with Gasteiger partial charge in [0, 0.05) is 18.5 Å². The van der Waals surface area contributed by atoms with Gasteiger partial charge in [0.1, 0.15) is 0 Å². The van der Waals surface area contributed by atoms with Crippen molar-refractivity contribution in [3.63, 3.8) is 0 Å². The zero-order valence-corrected chi connectivity index (χ0v) is 8.46. The molecule has 3 heteroatoms. The first-order valence-corrected chi connectivity index (χ1v) is 5.30. The Morgan fingerprint density at radius 1 is 1.07 bits per heavy atom. The average molecular weight is 199 g/mol. The second-order valence-corrected chi connectivity index (χ2v) is 3.77. The monoisotopic (exact) mass is 199 g/mol. The Labute approximate surface area is 88.5 Å². The van der Waals surface area contributed by atoms with Crippen LogP contribution in [0.5, 0.6) is 0 Å². The highest BCUT2D eigenvalue weighted by atomic mass is 15.0. The number of para-hydroxylation sites is 1. The molecule has 0 saturated heterocycles. The van der Waals surface area contributed by atoms with Crippen molar-refractivity contribution in [2.75, 3.05) is 23.7 Å². The van der Waals surface area contributed by atoms with Crippen molar-refractivity contribution in [1.29, 1.82) is 0 Å². The molecule has 0 fully saturated rings. The fourth-order valence-electron chi connectivity index (χ4n) is 1.99. The van der Waals surface area contributed by atoms with Gasteiger partial charge in [-0.2, -0.15) is 0 Å². The molecule has 2 N–H and O–H groups in total. The summed E-state index contributed by atoms with van der Waals surface area (Å²) in [6.45, 7) is 2.04. The standard InChI is InChI=1S/C12H13N3/c1-2-5-10-9(4-1)12-11(8-15-10)13-6-3-7-14-12/h1-2,4-5,8,13-14H,3,6-7H2. The Kier molecular flexibility index (Phi) is 1.95. The van der Waals surface area contributed by atoms with Crippen molar-refractivity contribution in [1.82, 2.24) is 4.98 Å². The molecule has 1 aliphatic heterocycles. The van der Waals surface area contributed by atoms with E-state index in [1.807, 2.05) is 18.3 Å². The Morgan fingerprint density at radius 2 is 1.93 bits per heavy atom. The summed E-state index contributed by atoms with van der Waals surface area (Å²) in [5, 5.41) is 8.06. The number of benzene rings is 1. The molecule has 0 amide bonds. The van der Waals surface area contributed by atoms with E-state index in [0.717, 1.165) is 30.7 Å². The number of hydrogen-bond donors (Lipinski definition) is 2. The largest absolute Gasteiger partial charge is 0.383 e. The van der Waals surface area contributed by atoms with Gasteiger partial charge in [0.2, 0.25) is 0 Å². The van der Waals surface area contributed by atoms with Gasteiger partial charge < -0.3 is 10.6 Å². The van der Waals surface area contributed by atoms with Crippen LogP contribution in [0.1, 0.15) is 6.42 Å². The van der Waals surface area contributed by atoms with Crippen LogP contribution in [0.15, 0.2) is 30.5 Å². The van der Waals surface area contributed by atoms with Crippen LogP contribution in [0, 0.1) is 0 Å². The molecule has 0 saturated carbocycles. The van der Waals surface area contributed by atoms with E-state index in [1.54, 1.807) is 0 Å². The number of pyridine rings is 1.